The zero-order valence-corrected chi connectivity index (χ0v) is 12.7. The summed E-state index contributed by atoms with van der Waals surface area (Å²) < 4.78 is 16.8. The van der Waals surface area contributed by atoms with Gasteiger partial charge in [-0.3, -0.25) is 0 Å². The molecule has 0 saturated heterocycles. The normalized spacial score (nSPS) is 10.2. The number of nitrogens with zero attached hydrogens (tertiary/aromatic N) is 2. The molecule has 2 rings (SSSR count). The lowest BCUT2D eigenvalue weighted by Crippen LogP contribution is -2.03. The second-order valence-corrected chi connectivity index (χ2v) is 4.58. The number of nitrogen functional groups attached to an aromatic ring is 1. The molecule has 6 nitrogen and oxygen atoms in total. The van der Waals surface area contributed by atoms with Gasteiger partial charge in [-0.25, -0.2) is 0 Å². The number of methoxy groups -OCH3 is 1. The van der Waals surface area contributed by atoms with Crippen molar-refractivity contribution < 1.29 is 14.2 Å². The zero-order chi connectivity index (χ0) is 14.5. The van der Waals surface area contributed by atoms with Crippen molar-refractivity contribution in [1.82, 2.24) is 9.97 Å². The first-order valence-corrected chi connectivity index (χ1v) is 6.69. The molecule has 0 fully saturated rings. The van der Waals surface area contributed by atoms with Crippen LogP contribution in [-0.4, -0.2) is 23.7 Å². The van der Waals surface area contributed by atoms with E-state index >= 15 is 0 Å². The van der Waals surface area contributed by atoms with Crippen molar-refractivity contribution in [2.75, 3.05) is 19.5 Å². The van der Waals surface area contributed by atoms with Gasteiger partial charge >= 0.3 is 0 Å². The van der Waals surface area contributed by atoms with Crippen molar-refractivity contribution in [2.45, 2.75) is 6.92 Å². The first-order valence-electron chi connectivity index (χ1n) is 5.90. The average Bonchev–Trinajstić information content (AvgIpc) is 2.45. The number of ether oxygens (including phenoxy) is 3. The third kappa shape index (κ3) is 3.11. The number of halogens is 1. The molecule has 0 atom stereocenters. The maximum Gasteiger partial charge on any atom is 0.249 e. The molecule has 0 amide bonds. The van der Waals surface area contributed by atoms with Gasteiger partial charge in [0.2, 0.25) is 11.8 Å². The summed E-state index contributed by atoms with van der Waals surface area (Å²) in [4.78, 5) is 7.96. The van der Waals surface area contributed by atoms with Gasteiger partial charge in [0.05, 0.1) is 18.2 Å². The highest BCUT2D eigenvalue weighted by molar-refractivity contribution is 9.10. The molecule has 1 aromatic heterocycles. The van der Waals surface area contributed by atoms with Crippen LogP contribution >= 0.6 is 15.9 Å². The molecule has 1 heterocycles. The van der Waals surface area contributed by atoms with E-state index in [0.29, 0.717) is 18.2 Å². The van der Waals surface area contributed by atoms with Gasteiger partial charge in [-0.05, 0) is 41.1 Å². The zero-order valence-electron chi connectivity index (χ0n) is 11.1. The molecule has 1 aromatic carbocycles. The summed E-state index contributed by atoms with van der Waals surface area (Å²) in [5.41, 5.74) is 6.17. The average molecular weight is 340 g/mol. The molecule has 2 N–H and O–H groups in total. The minimum atomic E-state index is 0.245. The Bertz CT molecular complexity index is 607. The van der Waals surface area contributed by atoms with Crippen LogP contribution in [0.5, 0.6) is 23.3 Å². The summed E-state index contributed by atoms with van der Waals surface area (Å²) in [6.07, 6.45) is 1.34. The number of anilines is 1. The number of nitrogens with two attached hydrogens (primary N) is 1. The maximum absolute atomic E-state index is 5.91. The fourth-order valence-electron chi connectivity index (χ4n) is 1.49. The molecule has 0 saturated carbocycles. The van der Waals surface area contributed by atoms with Gasteiger partial charge in [-0.15, -0.1) is 0 Å². The molecule has 7 heteroatoms. The van der Waals surface area contributed by atoms with Crippen LogP contribution in [0, 0.1) is 0 Å². The van der Waals surface area contributed by atoms with E-state index in [9.17, 15) is 0 Å². The topological polar surface area (TPSA) is 79.5 Å². The van der Waals surface area contributed by atoms with E-state index in [1.165, 1.54) is 6.33 Å². The number of aromatic nitrogens is 2. The van der Waals surface area contributed by atoms with E-state index in [0.717, 1.165) is 10.2 Å². The van der Waals surface area contributed by atoms with Crippen molar-refractivity contribution >= 4 is 21.6 Å². The van der Waals surface area contributed by atoms with E-state index in [4.69, 9.17) is 19.9 Å². The molecular formula is C13H14BrN3O3. The molecule has 106 valence electrons. The first kappa shape index (κ1) is 14.4. The Labute approximate surface area is 125 Å². The van der Waals surface area contributed by atoms with E-state index < -0.39 is 0 Å². The summed E-state index contributed by atoms with van der Waals surface area (Å²) in [5.74, 6) is 1.84. The van der Waals surface area contributed by atoms with E-state index in [1.54, 1.807) is 25.3 Å². The van der Waals surface area contributed by atoms with Gasteiger partial charge in [-0.2, -0.15) is 9.97 Å². The van der Waals surface area contributed by atoms with Gasteiger partial charge in [0.1, 0.15) is 17.8 Å². The van der Waals surface area contributed by atoms with Gasteiger partial charge in [0, 0.05) is 0 Å². The highest BCUT2D eigenvalue weighted by Gasteiger charge is 2.13. The standard InChI is InChI=1S/C13H14BrN3O3/c1-3-19-12-11(15)13(17-7-16-12)20-10-5-4-8(18-2)6-9(10)14/h4-7H,3,15H2,1-2H3. The second-order valence-electron chi connectivity index (χ2n) is 3.73. The SMILES string of the molecule is CCOc1ncnc(Oc2ccc(OC)cc2Br)c1N. The summed E-state index contributed by atoms with van der Waals surface area (Å²) in [6.45, 7) is 2.31. The van der Waals surface area contributed by atoms with Crippen LogP contribution in [0.15, 0.2) is 29.0 Å². The van der Waals surface area contributed by atoms with Crippen LogP contribution in [0.3, 0.4) is 0 Å². The van der Waals surface area contributed by atoms with Crippen LogP contribution in [-0.2, 0) is 0 Å². The summed E-state index contributed by atoms with van der Waals surface area (Å²) in [7, 11) is 1.60. The van der Waals surface area contributed by atoms with E-state index in [-0.39, 0.29) is 11.6 Å². The fraction of sp³-hybridized carbons (Fsp3) is 0.231. The minimum absolute atomic E-state index is 0.245. The first-order chi connectivity index (χ1) is 9.65. The summed E-state index contributed by atoms with van der Waals surface area (Å²) in [5, 5.41) is 0. The predicted octanol–water partition coefficient (Wildman–Crippen LogP) is 3.02. The number of hydrogen-bond donors (Lipinski definition) is 1. The van der Waals surface area contributed by atoms with Crippen molar-refractivity contribution in [3.05, 3.63) is 29.0 Å². The summed E-state index contributed by atoms with van der Waals surface area (Å²) in [6, 6.07) is 5.32. The molecule has 0 aliphatic rings. The maximum atomic E-state index is 5.91. The number of rotatable bonds is 5. The predicted molar refractivity (Wildman–Crippen MR) is 78.4 cm³/mol. The van der Waals surface area contributed by atoms with Crippen molar-refractivity contribution in [3.63, 3.8) is 0 Å². The van der Waals surface area contributed by atoms with Crippen LogP contribution in [0.2, 0.25) is 0 Å². The lowest BCUT2D eigenvalue weighted by atomic mass is 10.3. The second kappa shape index (κ2) is 6.42. The highest BCUT2D eigenvalue weighted by Crippen LogP contribution is 2.35. The molecular weight excluding hydrogens is 326 g/mol. The Morgan fingerprint density at radius 2 is 2.00 bits per heavy atom. The smallest absolute Gasteiger partial charge is 0.249 e. The third-order valence-electron chi connectivity index (χ3n) is 2.44. The van der Waals surface area contributed by atoms with Crippen LogP contribution in [0.4, 0.5) is 5.69 Å². The lowest BCUT2D eigenvalue weighted by Gasteiger charge is -2.11. The van der Waals surface area contributed by atoms with Gasteiger partial charge in [0.25, 0.3) is 0 Å². The van der Waals surface area contributed by atoms with Crippen LogP contribution < -0.4 is 19.9 Å². The van der Waals surface area contributed by atoms with Crippen molar-refractivity contribution in [2.24, 2.45) is 0 Å². The Morgan fingerprint density at radius 3 is 2.65 bits per heavy atom. The van der Waals surface area contributed by atoms with Crippen molar-refractivity contribution in [3.8, 4) is 23.3 Å². The Balaban J connectivity index is 2.28. The van der Waals surface area contributed by atoms with E-state index in [1.807, 2.05) is 6.92 Å². The Morgan fingerprint density at radius 1 is 1.25 bits per heavy atom. The lowest BCUT2D eigenvalue weighted by molar-refractivity contribution is 0.325. The number of benzene rings is 1. The van der Waals surface area contributed by atoms with Gasteiger partial charge in [0.15, 0.2) is 5.69 Å². The highest BCUT2D eigenvalue weighted by atomic mass is 79.9. The molecule has 0 aliphatic carbocycles. The summed E-state index contributed by atoms with van der Waals surface area (Å²) >= 11 is 3.40. The molecule has 0 aliphatic heterocycles. The quantitative estimate of drug-likeness (QED) is 0.901. The molecule has 0 unspecified atom stereocenters. The Kier molecular flexibility index (Phi) is 4.62. The largest absolute Gasteiger partial charge is 0.497 e. The number of hydrogen-bond acceptors (Lipinski definition) is 6. The van der Waals surface area contributed by atoms with Gasteiger partial charge in [-0.1, -0.05) is 0 Å². The molecule has 0 spiro atoms. The van der Waals surface area contributed by atoms with Gasteiger partial charge < -0.3 is 19.9 Å². The fourth-order valence-corrected chi connectivity index (χ4v) is 1.93. The van der Waals surface area contributed by atoms with Crippen LogP contribution in [0.1, 0.15) is 6.92 Å². The third-order valence-corrected chi connectivity index (χ3v) is 3.06. The van der Waals surface area contributed by atoms with E-state index in [2.05, 4.69) is 25.9 Å². The van der Waals surface area contributed by atoms with Crippen molar-refractivity contribution in [1.29, 1.82) is 0 Å². The molecule has 20 heavy (non-hydrogen) atoms. The molecule has 0 radical (unpaired) electrons. The van der Waals surface area contributed by atoms with Crippen LogP contribution in [0.25, 0.3) is 0 Å². The molecule has 2 aromatic rings. The monoisotopic (exact) mass is 339 g/mol. The molecule has 0 bridgehead atoms. The Hall–Kier alpha value is -2.02. The minimum Gasteiger partial charge on any atom is -0.497 e.